The van der Waals surface area contributed by atoms with Crippen LogP contribution >= 0.6 is 0 Å². The maximum absolute atomic E-state index is 10.8. The summed E-state index contributed by atoms with van der Waals surface area (Å²) in [5.74, 6) is 2.00. The molecule has 28 heavy (non-hydrogen) atoms. The maximum atomic E-state index is 10.8. The predicted molar refractivity (Wildman–Crippen MR) is 102 cm³/mol. The number of aryl methyl sites for hydroxylation is 1. The van der Waals surface area contributed by atoms with Gasteiger partial charge >= 0.3 is 5.97 Å². The van der Waals surface area contributed by atoms with Crippen LogP contribution in [-0.4, -0.2) is 30.3 Å². The van der Waals surface area contributed by atoms with Gasteiger partial charge in [0.2, 0.25) is 5.89 Å². The molecule has 0 aliphatic heterocycles. The van der Waals surface area contributed by atoms with Crippen LogP contribution in [0.4, 0.5) is 0 Å². The molecule has 1 heterocycles. The highest BCUT2D eigenvalue weighted by molar-refractivity contribution is 5.70. The predicted octanol–water partition coefficient (Wildman–Crippen LogP) is 3.87. The zero-order valence-corrected chi connectivity index (χ0v) is 15.9. The third-order valence-electron chi connectivity index (χ3n) is 4.15. The Morgan fingerprint density at radius 1 is 1.11 bits per heavy atom. The highest BCUT2D eigenvalue weighted by Crippen LogP contribution is 2.32. The molecule has 0 unspecified atom stereocenters. The summed E-state index contributed by atoms with van der Waals surface area (Å²) in [5.41, 5.74) is 2.09. The first-order chi connectivity index (χ1) is 13.5. The van der Waals surface area contributed by atoms with Crippen LogP contribution < -0.4 is 14.2 Å². The van der Waals surface area contributed by atoms with E-state index in [9.17, 15) is 4.79 Å². The molecule has 3 rings (SSSR count). The lowest BCUT2D eigenvalue weighted by atomic mass is 10.1. The Kier molecular flexibility index (Phi) is 5.84. The molecule has 0 fully saturated rings. The second-order valence-corrected chi connectivity index (χ2v) is 6.10. The summed E-state index contributed by atoms with van der Waals surface area (Å²) in [5, 5.41) is 8.90. The molecule has 1 aromatic heterocycles. The summed E-state index contributed by atoms with van der Waals surface area (Å²) < 4.78 is 22.1. The Balaban J connectivity index is 1.75. The minimum Gasteiger partial charge on any atom is -0.493 e. The van der Waals surface area contributed by atoms with Crippen LogP contribution in [0.5, 0.6) is 17.2 Å². The van der Waals surface area contributed by atoms with Gasteiger partial charge in [0.15, 0.2) is 11.5 Å². The molecule has 0 amide bonds. The second-order valence-electron chi connectivity index (χ2n) is 6.10. The molecule has 7 nitrogen and oxygen atoms in total. The lowest BCUT2D eigenvalue weighted by molar-refractivity contribution is -0.136. The number of oxazole rings is 1. The molecule has 0 spiro atoms. The fraction of sp³-hybridized carbons (Fsp3) is 0.238. The normalized spacial score (nSPS) is 10.5. The van der Waals surface area contributed by atoms with Crippen molar-refractivity contribution in [3.63, 3.8) is 0 Å². The molecule has 146 valence electrons. The van der Waals surface area contributed by atoms with Gasteiger partial charge in [-0.1, -0.05) is 12.1 Å². The van der Waals surface area contributed by atoms with Crippen molar-refractivity contribution in [1.29, 1.82) is 0 Å². The van der Waals surface area contributed by atoms with Gasteiger partial charge in [0.25, 0.3) is 0 Å². The summed E-state index contributed by atoms with van der Waals surface area (Å²) in [6.07, 6.45) is -0.0519. The molecule has 2 aromatic carbocycles. The minimum absolute atomic E-state index is 0.0519. The van der Waals surface area contributed by atoms with Crippen molar-refractivity contribution in [3.8, 4) is 28.7 Å². The largest absolute Gasteiger partial charge is 0.493 e. The summed E-state index contributed by atoms with van der Waals surface area (Å²) in [6, 6.07) is 12.4. The Hall–Kier alpha value is -3.48. The number of aromatic nitrogens is 1. The molecule has 0 bridgehead atoms. The first-order valence-electron chi connectivity index (χ1n) is 8.62. The number of rotatable bonds is 8. The zero-order valence-electron chi connectivity index (χ0n) is 15.9. The van der Waals surface area contributed by atoms with Crippen molar-refractivity contribution in [2.45, 2.75) is 20.0 Å². The van der Waals surface area contributed by atoms with Crippen LogP contribution in [0.3, 0.4) is 0 Å². The minimum atomic E-state index is -0.885. The van der Waals surface area contributed by atoms with Crippen LogP contribution in [0.15, 0.2) is 46.9 Å². The van der Waals surface area contributed by atoms with E-state index in [0.29, 0.717) is 40.2 Å². The number of methoxy groups -OCH3 is 2. The van der Waals surface area contributed by atoms with Crippen LogP contribution in [0.2, 0.25) is 0 Å². The van der Waals surface area contributed by atoms with E-state index >= 15 is 0 Å². The fourth-order valence-corrected chi connectivity index (χ4v) is 2.73. The van der Waals surface area contributed by atoms with Crippen molar-refractivity contribution in [3.05, 3.63) is 59.5 Å². The SMILES string of the molecule is COc1ccc(-c2nc(COc3cccc(CC(=O)O)c3)c(C)o2)cc1OC. The highest BCUT2D eigenvalue weighted by atomic mass is 16.5. The van der Waals surface area contributed by atoms with E-state index in [1.807, 2.05) is 13.0 Å². The molecule has 0 saturated heterocycles. The van der Waals surface area contributed by atoms with E-state index in [-0.39, 0.29) is 13.0 Å². The van der Waals surface area contributed by atoms with Gasteiger partial charge in [-0.3, -0.25) is 4.79 Å². The van der Waals surface area contributed by atoms with Crippen molar-refractivity contribution in [2.24, 2.45) is 0 Å². The molecular formula is C21H21NO6. The lowest BCUT2D eigenvalue weighted by Gasteiger charge is -2.07. The van der Waals surface area contributed by atoms with Gasteiger partial charge < -0.3 is 23.7 Å². The molecule has 0 saturated carbocycles. The van der Waals surface area contributed by atoms with E-state index in [1.54, 1.807) is 50.6 Å². The quantitative estimate of drug-likeness (QED) is 0.631. The second kappa shape index (κ2) is 8.47. The Morgan fingerprint density at radius 3 is 2.61 bits per heavy atom. The number of carboxylic acids is 1. The summed E-state index contributed by atoms with van der Waals surface area (Å²) >= 11 is 0. The summed E-state index contributed by atoms with van der Waals surface area (Å²) in [6.45, 7) is 2.02. The topological polar surface area (TPSA) is 91.0 Å². The molecular weight excluding hydrogens is 362 g/mol. The number of hydrogen-bond donors (Lipinski definition) is 1. The van der Waals surface area contributed by atoms with Crippen LogP contribution in [0.1, 0.15) is 17.0 Å². The summed E-state index contributed by atoms with van der Waals surface area (Å²) in [7, 11) is 3.15. The third-order valence-corrected chi connectivity index (χ3v) is 4.15. The standard InChI is InChI=1S/C21H21NO6/c1-13-17(12-27-16-6-4-5-14(9-16)10-20(23)24)22-21(28-13)15-7-8-18(25-2)19(11-15)26-3/h4-9,11H,10,12H2,1-3H3,(H,23,24). The molecule has 1 N–H and O–H groups in total. The fourth-order valence-electron chi connectivity index (χ4n) is 2.73. The number of nitrogens with zero attached hydrogens (tertiary/aromatic N) is 1. The van der Waals surface area contributed by atoms with E-state index in [1.165, 1.54) is 0 Å². The first kappa shape index (κ1) is 19.3. The smallest absolute Gasteiger partial charge is 0.307 e. The van der Waals surface area contributed by atoms with Crippen LogP contribution in [0, 0.1) is 6.92 Å². The molecule has 3 aromatic rings. The maximum Gasteiger partial charge on any atom is 0.307 e. The summed E-state index contributed by atoms with van der Waals surface area (Å²) in [4.78, 5) is 15.4. The van der Waals surface area contributed by atoms with Crippen molar-refractivity contribution < 1.29 is 28.5 Å². The van der Waals surface area contributed by atoms with Gasteiger partial charge in [-0.15, -0.1) is 0 Å². The third kappa shape index (κ3) is 4.43. The Bertz CT molecular complexity index is 979. The van der Waals surface area contributed by atoms with Crippen molar-refractivity contribution >= 4 is 5.97 Å². The van der Waals surface area contributed by atoms with Crippen molar-refractivity contribution in [1.82, 2.24) is 4.98 Å². The van der Waals surface area contributed by atoms with E-state index in [0.717, 1.165) is 5.56 Å². The number of carboxylic acid groups (broad SMARTS) is 1. The number of ether oxygens (including phenoxy) is 3. The average Bonchev–Trinajstić information content (AvgIpc) is 3.06. The number of aliphatic carboxylic acids is 1. The molecule has 0 radical (unpaired) electrons. The molecule has 0 aliphatic carbocycles. The van der Waals surface area contributed by atoms with Gasteiger partial charge in [0.05, 0.1) is 20.6 Å². The van der Waals surface area contributed by atoms with Crippen LogP contribution in [-0.2, 0) is 17.8 Å². The number of benzene rings is 2. The van der Waals surface area contributed by atoms with Gasteiger partial charge in [0, 0.05) is 5.56 Å². The lowest BCUT2D eigenvalue weighted by Crippen LogP contribution is -2.01. The average molecular weight is 383 g/mol. The Labute approximate surface area is 162 Å². The van der Waals surface area contributed by atoms with Gasteiger partial charge in [-0.05, 0) is 42.8 Å². The molecule has 0 atom stereocenters. The van der Waals surface area contributed by atoms with E-state index in [2.05, 4.69) is 4.98 Å². The monoisotopic (exact) mass is 383 g/mol. The highest BCUT2D eigenvalue weighted by Gasteiger charge is 2.14. The first-order valence-corrected chi connectivity index (χ1v) is 8.62. The van der Waals surface area contributed by atoms with Gasteiger partial charge in [0.1, 0.15) is 23.8 Å². The Morgan fingerprint density at radius 2 is 1.89 bits per heavy atom. The van der Waals surface area contributed by atoms with E-state index in [4.69, 9.17) is 23.7 Å². The zero-order chi connectivity index (χ0) is 20.1. The van der Waals surface area contributed by atoms with Crippen molar-refractivity contribution in [2.75, 3.05) is 14.2 Å². The number of hydrogen-bond acceptors (Lipinski definition) is 6. The van der Waals surface area contributed by atoms with Gasteiger partial charge in [-0.25, -0.2) is 4.98 Å². The number of carbonyl (C=O) groups is 1. The molecule has 0 aliphatic rings. The van der Waals surface area contributed by atoms with Gasteiger partial charge in [-0.2, -0.15) is 0 Å². The molecule has 7 heteroatoms. The van der Waals surface area contributed by atoms with Crippen LogP contribution in [0.25, 0.3) is 11.5 Å². The van der Waals surface area contributed by atoms with E-state index < -0.39 is 5.97 Å².